The van der Waals surface area contributed by atoms with Gasteiger partial charge in [0.05, 0.1) is 7.11 Å². The van der Waals surface area contributed by atoms with Crippen LogP contribution < -0.4 is 20.5 Å². The number of rotatable bonds is 9. The van der Waals surface area contributed by atoms with Gasteiger partial charge in [-0.25, -0.2) is 0 Å². The lowest BCUT2D eigenvalue weighted by Gasteiger charge is -2.12. The van der Waals surface area contributed by atoms with E-state index >= 15 is 0 Å². The van der Waals surface area contributed by atoms with Crippen molar-refractivity contribution in [3.05, 3.63) is 23.8 Å². The Hall–Kier alpha value is -1.75. The molecule has 0 atom stereocenters. The molecule has 0 aliphatic heterocycles. The number of hydrogen-bond donors (Lipinski definition) is 2. The molecule has 5 nitrogen and oxygen atoms in total. The molecule has 112 valence electrons. The molecule has 0 radical (unpaired) electrons. The lowest BCUT2D eigenvalue weighted by atomic mass is 10.1. The molecule has 1 amide bonds. The molecule has 3 N–H and O–H groups in total. The van der Waals surface area contributed by atoms with Gasteiger partial charge in [0.2, 0.25) is 0 Å². The molecule has 0 spiro atoms. The SMILES string of the molecule is CCCCNC(=O)COc1cc(CCN)ccc1OC. The quantitative estimate of drug-likeness (QED) is 0.672. The smallest absolute Gasteiger partial charge is 0.257 e. The molecule has 0 saturated heterocycles. The van der Waals surface area contributed by atoms with Gasteiger partial charge in [-0.1, -0.05) is 19.4 Å². The number of carbonyl (C=O) groups is 1. The van der Waals surface area contributed by atoms with E-state index in [4.69, 9.17) is 15.2 Å². The first-order valence-electron chi connectivity index (χ1n) is 6.97. The molecule has 1 rings (SSSR count). The van der Waals surface area contributed by atoms with Gasteiger partial charge in [0.25, 0.3) is 5.91 Å². The second-order valence-electron chi connectivity index (χ2n) is 4.52. The summed E-state index contributed by atoms with van der Waals surface area (Å²) in [6, 6.07) is 5.64. The Balaban J connectivity index is 2.56. The zero-order valence-corrected chi connectivity index (χ0v) is 12.3. The van der Waals surface area contributed by atoms with Crippen molar-refractivity contribution in [1.82, 2.24) is 5.32 Å². The number of unbranched alkanes of at least 4 members (excludes halogenated alkanes) is 1. The van der Waals surface area contributed by atoms with Gasteiger partial charge in [-0.15, -0.1) is 0 Å². The summed E-state index contributed by atoms with van der Waals surface area (Å²) < 4.78 is 10.8. The predicted octanol–water partition coefficient (Wildman–Crippen LogP) is 1.49. The van der Waals surface area contributed by atoms with Crippen LogP contribution in [0.1, 0.15) is 25.3 Å². The third-order valence-electron chi connectivity index (χ3n) is 2.87. The van der Waals surface area contributed by atoms with Crippen LogP contribution in [-0.4, -0.2) is 32.7 Å². The number of nitrogens with one attached hydrogen (secondary N) is 1. The van der Waals surface area contributed by atoms with Crippen LogP contribution in [0.2, 0.25) is 0 Å². The molecule has 1 aromatic carbocycles. The van der Waals surface area contributed by atoms with Gasteiger partial charge in [0, 0.05) is 6.54 Å². The minimum atomic E-state index is -0.121. The molecule has 0 aliphatic rings. The van der Waals surface area contributed by atoms with E-state index in [1.165, 1.54) is 0 Å². The zero-order chi connectivity index (χ0) is 14.8. The maximum absolute atomic E-state index is 11.6. The number of ether oxygens (including phenoxy) is 2. The number of benzene rings is 1. The van der Waals surface area contributed by atoms with Crippen LogP contribution in [0.5, 0.6) is 11.5 Å². The van der Waals surface area contributed by atoms with Gasteiger partial charge in [-0.05, 0) is 37.1 Å². The predicted molar refractivity (Wildman–Crippen MR) is 79.2 cm³/mol. The van der Waals surface area contributed by atoms with E-state index in [1.54, 1.807) is 7.11 Å². The Morgan fingerprint density at radius 2 is 2.15 bits per heavy atom. The highest BCUT2D eigenvalue weighted by molar-refractivity contribution is 5.77. The van der Waals surface area contributed by atoms with Crippen molar-refractivity contribution in [3.8, 4) is 11.5 Å². The topological polar surface area (TPSA) is 73.6 Å². The highest BCUT2D eigenvalue weighted by atomic mass is 16.5. The fraction of sp³-hybridized carbons (Fsp3) is 0.533. The molecule has 20 heavy (non-hydrogen) atoms. The normalized spacial score (nSPS) is 10.2. The van der Waals surface area contributed by atoms with E-state index < -0.39 is 0 Å². The maximum Gasteiger partial charge on any atom is 0.257 e. The first-order chi connectivity index (χ1) is 9.71. The van der Waals surface area contributed by atoms with Crippen LogP contribution in [0, 0.1) is 0 Å². The van der Waals surface area contributed by atoms with E-state index in [-0.39, 0.29) is 12.5 Å². The average molecular weight is 280 g/mol. The van der Waals surface area contributed by atoms with Crippen molar-refractivity contribution in [1.29, 1.82) is 0 Å². The summed E-state index contributed by atoms with van der Waals surface area (Å²) >= 11 is 0. The highest BCUT2D eigenvalue weighted by Crippen LogP contribution is 2.28. The lowest BCUT2D eigenvalue weighted by Crippen LogP contribution is -2.29. The van der Waals surface area contributed by atoms with Crippen molar-refractivity contribution in [2.24, 2.45) is 5.73 Å². The van der Waals surface area contributed by atoms with Crippen LogP contribution in [0.15, 0.2) is 18.2 Å². The van der Waals surface area contributed by atoms with Crippen molar-refractivity contribution < 1.29 is 14.3 Å². The molecular formula is C15H24N2O3. The second-order valence-corrected chi connectivity index (χ2v) is 4.52. The minimum Gasteiger partial charge on any atom is -0.493 e. The molecule has 0 unspecified atom stereocenters. The number of methoxy groups -OCH3 is 1. The molecule has 0 saturated carbocycles. The summed E-state index contributed by atoms with van der Waals surface area (Å²) in [7, 11) is 1.58. The Morgan fingerprint density at radius 3 is 2.80 bits per heavy atom. The van der Waals surface area contributed by atoms with Crippen LogP contribution in [-0.2, 0) is 11.2 Å². The van der Waals surface area contributed by atoms with Crippen LogP contribution in [0.4, 0.5) is 0 Å². The van der Waals surface area contributed by atoms with E-state index in [0.717, 1.165) is 24.8 Å². The summed E-state index contributed by atoms with van der Waals surface area (Å²) in [6.45, 7) is 3.33. The number of carbonyl (C=O) groups excluding carboxylic acids is 1. The van der Waals surface area contributed by atoms with E-state index in [0.29, 0.717) is 24.6 Å². The Morgan fingerprint density at radius 1 is 1.35 bits per heavy atom. The Bertz CT molecular complexity index is 422. The van der Waals surface area contributed by atoms with Crippen molar-refractivity contribution in [2.45, 2.75) is 26.2 Å². The molecule has 0 fully saturated rings. The zero-order valence-electron chi connectivity index (χ0n) is 12.3. The van der Waals surface area contributed by atoms with Crippen molar-refractivity contribution in [2.75, 3.05) is 26.8 Å². The molecule has 0 aliphatic carbocycles. The van der Waals surface area contributed by atoms with Gasteiger partial charge < -0.3 is 20.5 Å². The van der Waals surface area contributed by atoms with E-state index in [1.807, 2.05) is 18.2 Å². The summed E-state index contributed by atoms with van der Waals surface area (Å²) in [5.41, 5.74) is 6.60. The minimum absolute atomic E-state index is 0.00779. The van der Waals surface area contributed by atoms with Crippen molar-refractivity contribution in [3.63, 3.8) is 0 Å². The summed E-state index contributed by atoms with van der Waals surface area (Å²) in [5, 5.41) is 2.81. The first kappa shape index (κ1) is 16.3. The van der Waals surface area contributed by atoms with Crippen LogP contribution in [0.3, 0.4) is 0 Å². The molecular weight excluding hydrogens is 256 g/mol. The third-order valence-corrected chi connectivity index (χ3v) is 2.87. The molecule has 5 heteroatoms. The summed E-state index contributed by atoms with van der Waals surface area (Å²) in [5.74, 6) is 1.07. The number of hydrogen-bond acceptors (Lipinski definition) is 4. The average Bonchev–Trinajstić information content (AvgIpc) is 2.46. The lowest BCUT2D eigenvalue weighted by molar-refractivity contribution is -0.123. The Kier molecular flexibility index (Phi) is 7.50. The third kappa shape index (κ3) is 5.48. The van der Waals surface area contributed by atoms with Crippen molar-refractivity contribution >= 4 is 5.91 Å². The van der Waals surface area contributed by atoms with Gasteiger partial charge in [0.15, 0.2) is 18.1 Å². The molecule has 1 aromatic rings. The fourth-order valence-corrected chi connectivity index (χ4v) is 1.75. The maximum atomic E-state index is 11.6. The van der Waals surface area contributed by atoms with E-state index in [9.17, 15) is 4.79 Å². The highest BCUT2D eigenvalue weighted by Gasteiger charge is 2.08. The second kappa shape index (κ2) is 9.20. The van der Waals surface area contributed by atoms with E-state index in [2.05, 4.69) is 12.2 Å². The van der Waals surface area contributed by atoms with Crippen LogP contribution >= 0.6 is 0 Å². The van der Waals surface area contributed by atoms with Gasteiger partial charge in [-0.2, -0.15) is 0 Å². The monoisotopic (exact) mass is 280 g/mol. The summed E-state index contributed by atoms with van der Waals surface area (Å²) in [4.78, 5) is 11.6. The summed E-state index contributed by atoms with van der Waals surface area (Å²) in [6.07, 6.45) is 2.79. The largest absolute Gasteiger partial charge is 0.493 e. The number of nitrogens with two attached hydrogens (primary N) is 1. The van der Waals surface area contributed by atoms with Gasteiger partial charge >= 0.3 is 0 Å². The standard InChI is InChI=1S/C15H24N2O3/c1-3-4-9-17-15(18)11-20-14-10-12(7-8-16)5-6-13(14)19-2/h5-6,10H,3-4,7-9,11,16H2,1-2H3,(H,17,18). The van der Waals surface area contributed by atoms with Crippen LogP contribution in [0.25, 0.3) is 0 Å². The number of amides is 1. The molecule has 0 bridgehead atoms. The molecule has 0 heterocycles. The first-order valence-corrected chi connectivity index (χ1v) is 6.97. The van der Waals surface area contributed by atoms with Gasteiger partial charge in [-0.3, -0.25) is 4.79 Å². The van der Waals surface area contributed by atoms with Gasteiger partial charge in [0.1, 0.15) is 0 Å². The Labute approximate surface area is 120 Å². The fourth-order valence-electron chi connectivity index (χ4n) is 1.75. The molecule has 0 aromatic heterocycles.